The first kappa shape index (κ1) is 14.6. The average molecular weight is 300 g/mol. The van der Waals surface area contributed by atoms with E-state index in [-0.39, 0.29) is 18.1 Å². The van der Waals surface area contributed by atoms with E-state index in [1.54, 1.807) is 7.05 Å². The average Bonchev–Trinajstić information content (AvgIpc) is 3.16. The van der Waals surface area contributed by atoms with Crippen LogP contribution in [0, 0.1) is 6.92 Å². The summed E-state index contributed by atoms with van der Waals surface area (Å²) in [6.07, 6.45) is 2.49. The van der Waals surface area contributed by atoms with Crippen LogP contribution in [0.3, 0.4) is 0 Å². The molecule has 1 aromatic carbocycles. The van der Waals surface area contributed by atoms with E-state index in [0.29, 0.717) is 13.0 Å². The largest absolute Gasteiger partial charge is 0.489 e. The second-order valence-corrected chi connectivity index (χ2v) is 5.49. The Morgan fingerprint density at radius 1 is 1.45 bits per heavy atom. The number of H-pyrrole nitrogens is 1. The molecule has 1 aromatic heterocycles. The van der Waals surface area contributed by atoms with Crippen LogP contribution in [0.2, 0.25) is 0 Å². The first-order valence-corrected chi connectivity index (χ1v) is 7.39. The molecule has 6 nitrogen and oxygen atoms in total. The maximum absolute atomic E-state index is 11.6. The van der Waals surface area contributed by atoms with Gasteiger partial charge in [-0.15, -0.1) is 0 Å². The van der Waals surface area contributed by atoms with E-state index < -0.39 is 0 Å². The van der Waals surface area contributed by atoms with Crippen LogP contribution in [0.5, 0.6) is 5.75 Å². The molecule has 6 heteroatoms. The van der Waals surface area contributed by atoms with Gasteiger partial charge >= 0.3 is 0 Å². The lowest BCUT2D eigenvalue weighted by Gasteiger charge is -2.13. The number of carbonyl (C=O) groups excluding carboxylic acids is 1. The van der Waals surface area contributed by atoms with Crippen LogP contribution in [0.15, 0.2) is 30.5 Å². The summed E-state index contributed by atoms with van der Waals surface area (Å²) in [5.74, 6) is 0.816. The highest BCUT2D eigenvalue weighted by molar-refractivity contribution is 5.81. The molecule has 0 saturated carbocycles. The van der Waals surface area contributed by atoms with E-state index in [0.717, 1.165) is 22.6 Å². The van der Waals surface area contributed by atoms with Gasteiger partial charge in [-0.1, -0.05) is 12.1 Å². The molecule has 0 spiro atoms. The van der Waals surface area contributed by atoms with Crippen molar-refractivity contribution in [3.8, 4) is 16.9 Å². The lowest BCUT2D eigenvalue weighted by Crippen LogP contribution is -2.38. The van der Waals surface area contributed by atoms with Gasteiger partial charge in [0.1, 0.15) is 11.9 Å². The number of rotatable bonds is 4. The van der Waals surface area contributed by atoms with Crippen molar-refractivity contribution in [2.45, 2.75) is 25.5 Å². The van der Waals surface area contributed by atoms with Crippen molar-refractivity contribution in [2.75, 3.05) is 13.6 Å². The number of likely N-dealkylation sites (N-methyl/N-ethyl adjacent to an activating group) is 1. The number of aromatic nitrogens is 2. The van der Waals surface area contributed by atoms with E-state index in [1.807, 2.05) is 37.4 Å². The van der Waals surface area contributed by atoms with Gasteiger partial charge in [0.25, 0.3) is 0 Å². The zero-order valence-corrected chi connectivity index (χ0v) is 12.7. The summed E-state index contributed by atoms with van der Waals surface area (Å²) in [4.78, 5) is 11.6. The Labute approximate surface area is 129 Å². The van der Waals surface area contributed by atoms with Gasteiger partial charge in [0.2, 0.25) is 5.91 Å². The molecular weight excluding hydrogens is 280 g/mol. The van der Waals surface area contributed by atoms with Crippen LogP contribution in [0.25, 0.3) is 11.1 Å². The van der Waals surface area contributed by atoms with E-state index in [2.05, 4.69) is 20.8 Å². The summed E-state index contributed by atoms with van der Waals surface area (Å²) in [5.41, 5.74) is 3.16. The van der Waals surface area contributed by atoms with Crippen molar-refractivity contribution < 1.29 is 9.53 Å². The van der Waals surface area contributed by atoms with Crippen LogP contribution in [0.1, 0.15) is 12.1 Å². The summed E-state index contributed by atoms with van der Waals surface area (Å²) in [5, 5.41) is 12.8. The zero-order valence-electron chi connectivity index (χ0n) is 12.7. The predicted octanol–water partition coefficient (Wildman–Crippen LogP) is 1.24. The van der Waals surface area contributed by atoms with Crippen LogP contribution < -0.4 is 15.4 Å². The number of nitrogens with zero attached hydrogens (tertiary/aromatic N) is 1. The molecule has 116 valence electrons. The third-order valence-corrected chi connectivity index (χ3v) is 3.93. The Morgan fingerprint density at radius 3 is 3.05 bits per heavy atom. The molecule has 2 heterocycles. The Hall–Kier alpha value is -2.34. The minimum atomic E-state index is -0.172. The number of carbonyl (C=O) groups is 1. The molecule has 0 bridgehead atoms. The van der Waals surface area contributed by atoms with E-state index >= 15 is 0 Å². The molecule has 1 fully saturated rings. The summed E-state index contributed by atoms with van der Waals surface area (Å²) in [7, 11) is 1.65. The number of ether oxygens (including phenoxy) is 1. The molecular formula is C16H20N4O2. The third kappa shape index (κ3) is 2.96. The van der Waals surface area contributed by atoms with Gasteiger partial charge in [-0.25, -0.2) is 0 Å². The fraction of sp³-hybridized carbons (Fsp3) is 0.375. The van der Waals surface area contributed by atoms with Gasteiger partial charge in [0.15, 0.2) is 0 Å². The summed E-state index contributed by atoms with van der Waals surface area (Å²) in [6, 6.07) is 7.77. The maximum atomic E-state index is 11.6. The highest BCUT2D eigenvalue weighted by atomic mass is 16.5. The van der Waals surface area contributed by atoms with Crippen molar-refractivity contribution in [1.82, 2.24) is 20.8 Å². The van der Waals surface area contributed by atoms with Gasteiger partial charge in [-0.05, 0) is 24.6 Å². The molecule has 0 aliphatic carbocycles. The van der Waals surface area contributed by atoms with Crippen LogP contribution >= 0.6 is 0 Å². The van der Waals surface area contributed by atoms with Gasteiger partial charge in [0, 0.05) is 31.3 Å². The third-order valence-electron chi connectivity index (χ3n) is 3.93. The molecule has 1 aliphatic rings. The quantitative estimate of drug-likeness (QED) is 0.794. The standard InChI is InChI=1S/C16H20N4O2/c1-10-14(9-19-20-10)11-4-3-5-12(6-11)22-13-7-15(18-8-13)16(21)17-2/h3-6,9,13,15,18H,7-8H2,1-2H3,(H,17,21)(H,19,20)/t13-,15-/m1/s1. The summed E-state index contributed by atoms with van der Waals surface area (Å²) >= 11 is 0. The SMILES string of the molecule is CNC(=O)[C@H]1C[C@@H](Oc2cccc(-c3cn[nH]c3C)c2)CN1. The van der Waals surface area contributed by atoms with Crippen LogP contribution in [0.4, 0.5) is 0 Å². The van der Waals surface area contributed by atoms with Gasteiger partial charge < -0.3 is 15.4 Å². The lowest BCUT2D eigenvalue weighted by molar-refractivity contribution is -0.122. The van der Waals surface area contributed by atoms with Crippen molar-refractivity contribution in [2.24, 2.45) is 0 Å². The lowest BCUT2D eigenvalue weighted by atomic mass is 10.1. The fourth-order valence-corrected chi connectivity index (χ4v) is 2.74. The van der Waals surface area contributed by atoms with Gasteiger partial charge in [0.05, 0.1) is 12.2 Å². The first-order valence-electron chi connectivity index (χ1n) is 7.39. The predicted molar refractivity (Wildman–Crippen MR) is 83.7 cm³/mol. The van der Waals surface area contributed by atoms with E-state index in [1.165, 1.54) is 0 Å². The number of aryl methyl sites for hydroxylation is 1. The molecule has 22 heavy (non-hydrogen) atoms. The highest BCUT2D eigenvalue weighted by Crippen LogP contribution is 2.26. The number of amides is 1. The Morgan fingerprint density at radius 2 is 2.32 bits per heavy atom. The topological polar surface area (TPSA) is 79.0 Å². The molecule has 2 atom stereocenters. The first-order chi connectivity index (χ1) is 10.7. The van der Waals surface area contributed by atoms with Crippen LogP contribution in [-0.2, 0) is 4.79 Å². The van der Waals surface area contributed by atoms with Crippen LogP contribution in [-0.4, -0.2) is 41.8 Å². The zero-order chi connectivity index (χ0) is 15.5. The molecule has 1 saturated heterocycles. The molecule has 0 radical (unpaired) electrons. The van der Waals surface area contributed by atoms with E-state index in [9.17, 15) is 4.79 Å². The second kappa shape index (κ2) is 6.19. The van der Waals surface area contributed by atoms with Crippen molar-refractivity contribution in [1.29, 1.82) is 0 Å². The second-order valence-electron chi connectivity index (χ2n) is 5.49. The number of aromatic amines is 1. The molecule has 3 N–H and O–H groups in total. The molecule has 2 aromatic rings. The minimum Gasteiger partial charge on any atom is -0.489 e. The number of benzene rings is 1. The highest BCUT2D eigenvalue weighted by Gasteiger charge is 2.30. The Balaban J connectivity index is 1.69. The van der Waals surface area contributed by atoms with Crippen molar-refractivity contribution in [3.63, 3.8) is 0 Å². The normalized spacial score (nSPS) is 20.8. The van der Waals surface area contributed by atoms with E-state index in [4.69, 9.17) is 4.74 Å². The summed E-state index contributed by atoms with van der Waals surface area (Å²) in [6.45, 7) is 2.66. The number of nitrogens with one attached hydrogen (secondary N) is 3. The minimum absolute atomic E-state index is 0.00277. The maximum Gasteiger partial charge on any atom is 0.237 e. The number of hydrogen-bond donors (Lipinski definition) is 3. The van der Waals surface area contributed by atoms with Gasteiger partial charge in [-0.3, -0.25) is 9.89 Å². The van der Waals surface area contributed by atoms with Crippen molar-refractivity contribution >= 4 is 5.91 Å². The monoisotopic (exact) mass is 300 g/mol. The Kier molecular flexibility index (Phi) is 4.11. The summed E-state index contributed by atoms with van der Waals surface area (Å²) < 4.78 is 6.01. The van der Waals surface area contributed by atoms with Gasteiger partial charge in [-0.2, -0.15) is 5.10 Å². The number of hydrogen-bond acceptors (Lipinski definition) is 4. The molecule has 1 aliphatic heterocycles. The smallest absolute Gasteiger partial charge is 0.237 e. The molecule has 0 unspecified atom stereocenters. The molecule has 1 amide bonds. The Bertz CT molecular complexity index is 668. The fourth-order valence-electron chi connectivity index (χ4n) is 2.74. The van der Waals surface area contributed by atoms with Crippen molar-refractivity contribution in [3.05, 3.63) is 36.2 Å². The molecule has 3 rings (SSSR count).